The lowest BCUT2D eigenvalue weighted by atomic mass is 9.98. The van der Waals surface area contributed by atoms with E-state index in [0.29, 0.717) is 18.7 Å². The molecule has 1 aliphatic heterocycles. The van der Waals surface area contributed by atoms with E-state index in [9.17, 15) is 13.6 Å². The Labute approximate surface area is 122 Å². The Hall–Kier alpha value is -1.69. The molecule has 21 heavy (non-hydrogen) atoms. The predicted octanol–water partition coefficient (Wildman–Crippen LogP) is 2.44. The summed E-state index contributed by atoms with van der Waals surface area (Å²) in [7, 11) is 0. The van der Waals surface area contributed by atoms with E-state index >= 15 is 0 Å². The minimum atomic E-state index is -0.919. The number of nitrogens with one attached hydrogen (secondary N) is 1. The molecule has 0 aromatic heterocycles. The minimum absolute atomic E-state index is 0.153. The average molecular weight is 298 g/mol. The Balaban J connectivity index is 1.91. The molecule has 2 rings (SSSR count). The topological polar surface area (TPSA) is 52.6 Å². The molecule has 2 amide bonds. The van der Waals surface area contributed by atoms with E-state index in [1.165, 1.54) is 6.07 Å². The molecular formula is C15H20F2N2O2. The quantitative estimate of drug-likeness (QED) is 0.900. The van der Waals surface area contributed by atoms with Crippen molar-refractivity contribution >= 4 is 6.03 Å². The normalized spacial score (nSPS) is 17.6. The van der Waals surface area contributed by atoms with Crippen LogP contribution in [0.3, 0.4) is 0 Å². The summed E-state index contributed by atoms with van der Waals surface area (Å²) in [6.45, 7) is 3.08. The Kier molecular flexibility index (Phi) is 5.12. The second-order valence-electron chi connectivity index (χ2n) is 5.46. The summed E-state index contributed by atoms with van der Waals surface area (Å²) in [5.74, 6) is -1.56. The number of amides is 2. The molecule has 0 saturated carbocycles. The molecule has 1 saturated heterocycles. The van der Waals surface area contributed by atoms with Gasteiger partial charge in [0.15, 0.2) is 11.6 Å². The van der Waals surface area contributed by atoms with Gasteiger partial charge in [0.2, 0.25) is 0 Å². The highest BCUT2D eigenvalue weighted by molar-refractivity contribution is 5.74. The summed E-state index contributed by atoms with van der Waals surface area (Å²) in [6, 6.07) is 2.99. The van der Waals surface area contributed by atoms with Crippen molar-refractivity contribution < 1.29 is 18.7 Å². The fraction of sp³-hybridized carbons (Fsp3) is 0.533. The zero-order chi connectivity index (χ0) is 15.4. The summed E-state index contributed by atoms with van der Waals surface area (Å²) in [4.78, 5) is 13.8. The number of urea groups is 1. The largest absolute Gasteiger partial charge is 0.396 e. The summed E-state index contributed by atoms with van der Waals surface area (Å²) in [5, 5.41) is 11.9. The van der Waals surface area contributed by atoms with Crippen LogP contribution >= 0.6 is 0 Å². The van der Waals surface area contributed by atoms with Gasteiger partial charge >= 0.3 is 6.03 Å². The van der Waals surface area contributed by atoms with Crippen LogP contribution in [-0.4, -0.2) is 35.7 Å². The lowest BCUT2D eigenvalue weighted by molar-refractivity contribution is 0.136. The van der Waals surface area contributed by atoms with E-state index in [-0.39, 0.29) is 18.6 Å². The molecule has 0 spiro atoms. The van der Waals surface area contributed by atoms with Crippen molar-refractivity contribution in [3.8, 4) is 0 Å². The number of benzene rings is 1. The molecule has 0 bridgehead atoms. The zero-order valence-electron chi connectivity index (χ0n) is 12.0. The maximum atomic E-state index is 13.2. The number of hydrogen-bond acceptors (Lipinski definition) is 2. The van der Waals surface area contributed by atoms with Gasteiger partial charge in [-0.2, -0.15) is 0 Å². The minimum Gasteiger partial charge on any atom is -0.396 e. The maximum Gasteiger partial charge on any atom is 0.317 e. The number of rotatable bonds is 3. The first kappa shape index (κ1) is 15.7. The second-order valence-corrected chi connectivity index (χ2v) is 5.46. The number of halogens is 2. The SMILES string of the molecule is CC(NC(=O)N1CCC(CO)CC1)c1ccc(F)c(F)c1. The molecule has 2 N–H and O–H groups in total. The molecule has 116 valence electrons. The fourth-order valence-electron chi connectivity index (χ4n) is 2.46. The van der Waals surface area contributed by atoms with E-state index < -0.39 is 17.7 Å². The van der Waals surface area contributed by atoms with Crippen LogP contribution in [0.4, 0.5) is 13.6 Å². The van der Waals surface area contributed by atoms with Crippen LogP contribution < -0.4 is 5.32 Å². The molecule has 1 atom stereocenters. The average Bonchev–Trinajstić information content (AvgIpc) is 2.50. The fourth-order valence-corrected chi connectivity index (χ4v) is 2.46. The molecule has 0 aliphatic carbocycles. The summed E-state index contributed by atoms with van der Waals surface area (Å²) >= 11 is 0. The van der Waals surface area contributed by atoms with Crippen LogP contribution in [-0.2, 0) is 0 Å². The van der Waals surface area contributed by atoms with Crippen LogP contribution in [0.5, 0.6) is 0 Å². The monoisotopic (exact) mass is 298 g/mol. The smallest absolute Gasteiger partial charge is 0.317 e. The van der Waals surface area contributed by atoms with Crippen LogP contribution in [0.25, 0.3) is 0 Å². The first-order valence-electron chi connectivity index (χ1n) is 7.12. The number of hydrogen-bond donors (Lipinski definition) is 2. The van der Waals surface area contributed by atoms with Gasteiger partial charge in [0, 0.05) is 19.7 Å². The number of carbonyl (C=O) groups is 1. The molecule has 1 aromatic rings. The molecule has 1 fully saturated rings. The second kappa shape index (κ2) is 6.85. The number of aliphatic hydroxyl groups excluding tert-OH is 1. The van der Waals surface area contributed by atoms with Gasteiger partial charge in [-0.05, 0) is 43.4 Å². The van der Waals surface area contributed by atoms with Crippen molar-refractivity contribution in [1.82, 2.24) is 10.2 Å². The van der Waals surface area contributed by atoms with Gasteiger partial charge in [0.25, 0.3) is 0 Å². The van der Waals surface area contributed by atoms with Gasteiger partial charge in [-0.1, -0.05) is 6.07 Å². The lowest BCUT2D eigenvalue weighted by Gasteiger charge is -2.32. The van der Waals surface area contributed by atoms with Crippen LogP contribution in [0.1, 0.15) is 31.4 Å². The molecular weight excluding hydrogens is 278 g/mol. The number of aliphatic hydroxyl groups is 1. The standard InChI is InChI=1S/C15H20F2N2O2/c1-10(12-2-3-13(16)14(17)8-12)18-15(21)19-6-4-11(9-20)5-7-19/h2-3,8,10-11,20H,4-7,9H2,1H3,(H,18,21). The number of piperidine rings is 1. The van der Waals surface area contributed by atoms with Gasteiger partial charge < -0.3 is 15.3 Å². The van der Waals surface area contributed by atoms with Crippen molar-refractivity contribution in [2.24, 2.45) is 5.92 Å². The third-order valence-corrected chi connectivity index (χ3v) is 3.94. The van der Waals surface area contributed by atoms with Crippen LogP contribution in [0.15, 0.2) is 18.2 Å². The molecule has 1 aromatic carbocycles. The third kappa shape index (κ3) is 3.91. The predicted molar refractivity (Wildman–Crippen MR) is 74.7 cm³/mol. The zero-order valence-corrected chi connectivity index (χ0v) is 12.0. The highest BCUT2D eigenvalue weighted by Gasteiger charge is 2.23. The maximum absolute atomic E-state index is 13.2. The van der Waals surface area contributed by atoms with Gasteiger partial charge in [0.1, 0.15) is 0 Å². The summed E-state index contributed by atoms with van der Waals surface area (Å²) in [5.41, 5.74) is 0.521. The van der Waals surface area contributed by atoms with Gasteiger partial charge in [0.05, 0.1) is 6.04 Å². The molecule has 1 heterocycles. The Morgan fingerprint density at radius 3 is 2.62 bits per heavy atom. The first-order chi connectivity index (χ1) is 10.0. The molecule has 0 radical (unpaired) electrons. The molecule has 1 aliphatic rings. The van der Waals surface area contributed by atoms with Crippen LogP contribution in [0, 0.1) is 17.6 Å². The van der Waals surface area contributed by atoms with Crippen molar-refractivity contribution in [1.29, 1.82) is 0 Å². The van der Waals surface area contributed by atoms with E-state index in [1.807, 2.05) is 0 Å². The van der Waals surface area contributed by atoms with Crippen molar-refractivity contribution in [3.05, 3.63) is 35.4 Å². The Morgan fingerprint density at radius 2 is 2.05 bits per heavy atom. The van der Waals surface area contributed by atoms with E-state index in [2.05, 4.69) is 5.32 Å². The van der Waals surface area contributed by atoms with E-state index in [1.54, 1.807) is 11.8 Å². The third-order valence-electron chi connectivity index (χ3n) is 3.94. The lowest BCUT2D eigenvalue weighted by Crippen LogP contribution is -2.45. The molecule has 6 heteroatoms. The van der Waals surface area contributed by atoms with E-state index in [4.69, 9.17) is 5.11 Å². The van der Waals surface area contributed by atoms with Crippen molar-refractivity contribution in [3.63, 3.8) is 0 Å². The summed E-state index contributed by atoms with van der Waals surface area (Å²) < 4.78 is 26.1. The highest BCUT2D eigenvalue weighted by Crippen LogP contribution is 2.19. The Bertz CT molecular complexity index is 502. The number of carbonyl (C=O) groups excluding carboxylic acids is 1. The molecule has 4 nitrogen and oxygen atoms in total. The first-order valence-corrected chi connectivity index (χ1v) is 7.12. The molecule has 1 unspecified atom stereocenters. The Morgan fingerprint density at radius 1 is 1.38 bits per heavy atom. The summed E-state index contributed by atoms with van der Waals surface area (Å²) in [6.07, 6.45) is 1.56. The van der Waals surface area contributed by atoms with Gasteiger partial charge in [-0.25, -0.2) is 13.6 Å². The van der Waals surface area contributed by atoms with Gasteiger partial charge in [-0.15, -0.1) is 0 Å². The van der Waals surface area contributed by atoms with E-state index in [0.717, 1.165) is 25.0 Å². The van der Waals surface area contributed by atoms with Gasteiger partial charge in [-0.3, -0.25) is 0 Å². The van der Waals surface area contributed by atoms with Crippen LogP contribution in [0.2, 0.25) is 0 Å². The highest BCUT2D eigenvalue weighted by atomic mass is 19.2. The van der Waals surface area contributed by atoms with Crippen molar-refractivity contribution in [2.45, 2.75) is 25.8 Å². The van der Waals surface area contributed by atoms with Crippen molar-refractivity contribution in [2.75, 3.05) is 19.7 Å². The number of nitrogens with zero attached hydrogens (tertiary/aromatic N) is 1. The number of likely N-dealkylation sites (tertiary alicyclic amines) is 1.